The van der Waals surface area contributed by atoms with E-state index in [9.17, 15) is 19.7 Å². The predicted octanol–water partition coefficient (Wildman–Crippen LogP) is 3.22. The molecule has 0 aliphatic rings. The van der Waals surface area contributed by atoms with Crippen LogP contribution >= 0.6 is 27.3 Å². The average Bonchev–Trinajstić information content (AvgIpc) is 2.97. The zero-order valence-electron chi connectivity index (χ0n) is 11.6. The Morgan fingerprint density at radius 1 is 1.13 bits per heavy atom. The number of ketones is 1. The smallest absolute Gasteiger partial charge is 0.344 e. The maximum atomic E-state index is 11.7. The Balaban J connectivity index is 1.76. The van der Waals surface area contributed by atoms with Gasteiger partial charge in [-0.05, 0) is 40.2 Å². The van der Waals surface area contributed by atoms with Crippen molar-refractivity contribution in [3.05, 3.63) is 55.2 Å². The number of nitro benzene ring substituents is 1. The molecule has 0 bridgehead atoms. The molecule has 0 saturated carbocycles. The van der Waals surface area contributed by atoms with Gasteiger partial charge < -0.3 is 9.47 Å². The van der Waals surface area contributed by atoms with Crippen LogP contribution in [-0.4, -0.2) is 29.9 Å². The Kier molecular flexibility index (Phi) is 5.83. The maximum Gasteiger partial charge on any atom is 0.344 e. The van der Waals surface area contributed by atoms with E-state index in [0.717, 1.165) is 3.79 Å². The summed E-state index contributed by atoms with van der Waals surface area (Å²) in [6, 6.07) is 8.65. The highest BCUT2D eigenvalue weighted by molar-refractivity contribution is 9.11. The minimum absolute atomic E-state index is 0.0763. The fourth-order valence-electron chi connectivity index (χ4n) is 1.53. The van der Waals surface area contributed by atoms with Crippen LogP contribution < -0.4 is 4.74 Å². The molecule has 2 aromatic rings. The number of ether oxygens (including phenoxy) is 2. The van der Waals surface area contributed by atoms with Crippen molar-refractivity contribution in [1.82, 2.24) is 0 Å². The summed E-state index contributed by atoms with van der Waals surface area (Å²) in [6.07, 6.45) is 0. The second-order valence-corrected chi connectivity index (χ2v) is 6.69. The quantitative estimate of drug-likeness (QED) is 0.307. The van der Waals surface area contributed by atoms with Gasteiger partial charge >= 0.3 is 5.97 Å². The Bertz CT molecular complexity index is 727. The Hall–Kier alpha value is -2.26. The van der Waals surface area contributed by atoms with Gasteiger partial charge in [0, 0.05) is 12.1 Å². The van der Waals surface area contributed by atoms with Crippen LogP contribution in [0.25, 0.3) is 0 Å². The van der Waals surface area contributed by atoms with Gasteiger partial charge in [-0.2, -0.15) is 0 Å². The molecule has 0 spiro atoms. The molecule has 1 aromatic carbocycles. The van der Waals surface area contributed by atoms with Gasteiger partial charge in [0.1, 0.15) is 5.75 Å². The van der Waals surface area contributed by atoms with Gasteiger partial charge in [0.15, 0.2) is 13.2 Å². The molecule has 0 N–H and O–H groups in total. The van der Waals surface area contributed by atoms with Crippen LogP contribution in [0.1, 0.15) is 9.67 Å². The highest BCUT2D eigenvalue weighted by atomic mass is 79.9. The lowest BCUT2D eigenvalue weighted by Crippen LogP contribution is -2.19. The number of carbonyl (C=O) groups is 2. The van der Waals surface area contributed by atoms with Gasteiger partial charge in [0.2, 0.25) is 5.78 Å². The number of rotatable bonds is 7. The summed E-state index contributed by atoms with van der Waals surface area (Å²) < 4.78 is 10.8. The van der Waals surface area contributed by atoms with Crippen molar-refractivity contribution >= 4 is 44.7 Å². The van der Waals surface area contributed by atoms with E-state index in [1.54, 1.807) is 12.1 Å². The van der Waals surface area contributed by atoms with Crippen LogP contribution in [0, 0.1) is 10.1 Å². The van der Waals surface area contributed by atoms with Gasteiger partial charge in [-0.15, -0.1) is 11.3 Å². The Morgan fingerprint density at radius 3 is 2.39 bits per heavy atom. The van der Waals surface area contributed by atoms with Gasteiger partial charge in [0.25, 0.3) is 5.69 Å². The van der Waals surface area contributed by atoms with Crippen molar-refractivity contribution in [2.24, 2.45) is 0 Å². The first-order valence-corrected chi connectivity index (χ1v) is 7.88. The summed E-state index contributed by atoms with van der Waals surface area (Å²) in [5, 5.41) is 10.5. The lowest BCUT2D eigenvalue weighted by atomic mass is 10.3. The lowest BCUT2D eigenvalue weighted by Gasteiger charge is -2.06. The monoisotopic (exact) mass is 399 g/mol. The van der Waals surface area contributed by atoms with Crippen molar-refractivity contribution in [3.8, 4) is 5.75 Å². The van der Waals surface area contributed by atoms with Crippen LogP contribution in [0.15, 0.2) is 40.2 Å². The van der Waals surface area contributed by atoms with Gasteiger partial charge in [-0.25, -0.2) is 4.79 Å². The second-order valence-electron chi connectivity index (χ2n) is 4.23. The van der Waals surface area contributed by atoms with E-state index in [-0.39, 0.29) is 24.7 Å². The SMILES string of the molecule is O=C(COc1ccc([N+](=O)[O-])cc1)OCC(=O)c1ccc(Br)s1. The number of Topliss-reactive ketones (excluding diaryl/α,β-unsaturated/α-hetero) is 1. The zero-order chi connectivity index (χ0) is 16.8. The first kappa shape index (κ1) is 17.1. The molecule has 2 rings (SSSR count). The number of halogens is 1. The minimum Gasteiger partial charge on any atom is -0.482 e. The van der Waals surface area contributed by atoms with E-state index >= 15 is 0 Å². The van der Waals surface area contributed by atoms with E-state index < -0.39 is 10.9 Å². The molecule has 1 aromatic heterocycles. The topological polar surface area (TPSA) is 95.7 Å². The highest BCUT2D eigenvalue weighted by Crippen LogP contribution is 2.22. The number of hydrogen-bond donors (Lipinski definition) is 0. The molecule has 0 atom stereocenters. The molecule has 120 valence electrons. The minimum atomic E-state index is -0.702. The van der Waals surface area contributed by atoms with Crippen LogP contribution in [0.5, 0.6) is 5.75 Å². The van der Waals surface area contributed by atoms with Crippen molar-refractivity contribution in [2.75, 3.05) is 13.2 Å². The van der Waals surface area contributed by atoms with Crippen LogP contribution in [-0.2, 0) is 9.53 Å². The van der Waals surface area contributed by atoms with E-state index in [0.29, 0.717) is 10.6 Å². The molecule has 23 heavy (non-hydrogen) atoms. The molecular weight excluding hydrogens is 390 g/mol. The number of thiophene rings is 1. The molecule has 0 aliphatic heterocycles. The predicted molar refractivity (Wildman–Crippen MR) is 85.9 cm³/mol. The molecule has 0 radical (unpaired) electrons. The number of hydrogen-bond acceptors (Lipinski definition) is 7. The number of nitro groups is 1. The number of non-ortho nitro benzene ring substituents is 1. The van der Waals surface area contributed by atoms with Gasteiger partial charge in [0.05, 0.1) is 13.6 Å². The van der Waals surface area contributed by atoms with E-state index in [4.69, 9.17) is 9.47 Å². The van der Waals surface area contributed by atoms with Crippen LogP contribution in [0.2, 0.25) is 0 Å². The first-order valence-electron chi connectivity index (χ1n) is 6.27. The van der Waals surface area contributed by atoms with Crippen molar-refractivity contribution in [3.63, 3.8) is 0 Å². The standard InChI is InChI=1S/C14H10BrNO6S/c15-13-6-5-12(23-13)11(17)7-22-14(18)8-21-10-3-1-9(2-4-10)16(19)20/h1-6H,7-8H2. The molecular formula is C14H10BrNO6S. The normalized spacial score (nSPS) is 10.1. The summed E-state index contributed by atoms with van der Waals surface area (Å²) in [5.74, 6) is -0.710. The summed E-state index contributed by atoms with van der Waals surface area (Å²) >= 11 is 4.49. The number of carbonyl (C=O) groups excluding carboxylic acids is 2. The van der Waals surface area contributed by atoms with E-state index in [1.807, 2.05) is 0 Å². The van der Waals surface area contributed by atoms with Gasteiger partial charge in [-0.1, -0.05) is 0 Å². The number of esters is 1. The summed E-state index contributed by atoms with van der Waals surface area (Å²) in [4.78, 5) is 33.7. The molecule has 1 heterocycles. The molecule has 0 unspecified atom stereocenters. The third kappa shape index (κ3) is 5.15. The fraction of sp³-hybridized carbons (Fsp3) is 0.143. The number of benzene rings is 1. The fourth-order valence-corrected chi connectivity index (χ4v) is 2.84. The molecule has 7 nitrogen and oxygen atoms in total. The lowest BCUT2D eigenvalue weighted by molar-refractivity contribution is -0.384. The molecule has 0 fully saturated rings. The molecule has 0 saturated heterocycles. The summed E-state index contributed by atoms with van der Waals surface area (Å²) in [7, 11) is 0. The molecule has 0 amide bonds. The Morgan fingerprint density at radius 2 is 1.83 bits per heavy atom. The summed E-state index contributed by atoms with van der Waals surface area (Å²) in [5.41, 5.74) is -0.0763. The van der Waals surface area contributed by atoms with E-state index in [2.05, 4.69) is 15.9 Å². The van der Waals surface area contributed by atoms with Crippen molar-refractivity contribution in [1.29, 1.82) is 0 Å². The Labute approximate surface area is 143 Å². The second kappa shape index (κ2) is 7.84. The highest BCUT2D eigenvalue weighted by Gasteiger charge is 2.13. The summed E-state index contributed by atoms with van der Waals surface area (Å²) in [6.45, 7) is -0.755. The van der Waals surface area contributed by atoms with Crippen molar-refractivity contribution in [2.45, 2.75) is 0 Å². The molecule has 9 heteroatoms. The zero-order valence-corrected chi connectivity index (χ0v) is 14.0. The average molecular weight is 400 g/mol. The molecule has 0 aliphatic carbocycles. The van der Waals surface area contributed by atoms with Crippen LogP contribution in [0.3, 0.4) is 0 Å². The third-order valence-corrected chi connectivity index (χ3v) is 4.28. The first-order chi connectivity index (χ1) is 11.0. The third-order valence-electron chi connectivity index (χ3n) is 2.62. The number of nitrogens with zero attached hydrogens (tertiary/aromatic N) is 1. The maximum absolute atomic E-state index is 11.7. The van der Waals surface area contributed by atoms with Crippen LogP contribution in [0.4, 0.5) is 5.69 Å². The van der Waals surface area contributed by atoms with Gasteiger partial charge in [-0.3, -0.25) is 14.9 Å². The van der Waals surface area contributed by atoms with Crippen molar-refractivity contribution < 1.29 is 24.0 Å². The largest absolute Gasteiger partial charge is 0.482 e. The van der Waals surface area contributed by atoms with E-state index in [1.165, 1.54) is 35.6 Å².